The van der Waals surface area contributed by atoms with Crippen molar-refractivity contribution < 1.29 is 0 Å². The molecule has 0 radical (unpaired) electrons. The van der Waals surface area contributed by atoms with Crippen molar-refractivity contribution in [3.8, 4) is 66.8 Å². The highest BCUT2D eigenvalue weighted by Gasteiger charge is 2.53. The van der Waals surface area contributed by atoms with Crippen LogP contribution in [-0.2, 0) is 10.8 Å². The van der Waals surface area contributed by atoms with Gasteiger partial charge in [-0.3, -0.25) is 0 Å². The molecule has 0 saturated heterocycles. The molecule has 334 valence electrons. The Balaban J connectivity index is 0.859. The molecule has 0 nitrogen and oxygen atoms in total. The summed E-state index contributed by atoms with van der Waals surface area (Å²) in [4.78, 5) is 0. The van der Waals surface area contributed by atoms with Crippen LogP contribution in [0.15, 0.2) is 243 Å². The Kier molecular flexibility index (Phi) is 7.98. The first-order valence-electron chi connectivity index (χ1n) is 25.5. The summed E-state index contributed by atoms with van der Waals surface area (Å²) in [6, 6.07) is 92.2. The van der Waals surface area contributed by atoms with Crippen LogP contribution in [0.4, 0.5) is 0 Å². The average molecular weight is 911 g/mol. The van der Waals surface area contributed by atoms with Gasteiger partial charge in [0.1, 0.15) is 0 Å². The molecule has 72 heavy (non-hydrogen) atoms. The largest absolute Gasteiger partial charge is 0.0737 e. The fraction of sp³-hybridized carbons (Fsp3) is 0.0556. The number of hydrogen-bond donors (Lipinski definition) is 0. The second kappa shape index (κ2) is 14.4. The van der Waals surface area contributed by atoms with Gasteiger partial charge < -0.3 is 0 Å². The van der Waals surface area contributed by atoms with E-state index in [1.807, 2.05) is 0 Å². The summed E-state index contributed by atoms with van der Waals surface area (Å²) in [6.07, 6.45) is 0. The van der Waals surface area contributed by atoms with Gasteiger partial charge in [-0.25, -0.2) is 0 Å². The molecule has 0 bridgehead atoms. The fourth-order valence-corrected chi connectivity index (χ4v) is 14.3. The number of benzene rings is 13. The third-order valence-corrected chi connectivity index (χ3v) is 17.2. The third-order valence-electron chi connectivity index (χ3n) is 17.2. The molecule has 3 aliphatic carbocycles. The van der Waals surface area contributed by atoms with Gasteiger partial charge in [0, 0.05) is 5.41 Å². The first-order chi connectivity index (χ1) is 35.5. The third kappa shape index (κ3) is 5.06. The van der Waals surface area contributed by atoms with Crippen molar-refractivity contribution in [3.63, 3.8) is 0 Å². The Bertz CT molecular complexity index is 4420. The highest BCUT2D eigenvalue weighted by Crippen LogP contribution is 2.66. The van der Waals surface area contributed by atoms with Crippen molar-refractivity contribution in [1.29, 1.82) is 0 Å². The molecular weight excluding hydrogens is 865 g/mol. The normalized spacial score (nSPS) is 14.2. The van der Waals surface area contributed by atoms with Crippen molar-refractivity contribution in [3.05, 3.63) is 276 Å². The number of fused-ring (bicyclic) bond motifs is 22. The molecule has 0 heterocycles. The van der Waals surface area contributed by atoms with Gasteiger partial charge in [-0.2, -0.15) is 0 Å². The molecule has 16 rings (SSSR count). The lowest BCUT2D eigenvalue weighted by atomic mass is 9.68. The van der Waals surface area contributed by atoms with Gasteiger partial charge >= 0.3 is 0 Å². The standard InChI is InChI=1S/C72H46/c1-71(2)62-28-14-11-19-51(62)54-39-37-47(42-65(54)71)67-58-25-8-6-23-56(58)66(57-24-7-9-26-59(57)67)44-33-31-43(32-34-44)45-35-38-48-46(41-45)36-40-61-68-55-22-5-3-17-49(55)50-18-4-10-27-60(50)70(68)72(69(48)61)63-29-15-12-20-52(63)53-21-13-16-30-64(53)72/h3-42H,1-2H3. The molecule has 13 aromatic rings. The Labute approximate surface area is 419 Å². The van der Waals surface area contributed by atoms with Crippen LogP contribution in [0.25, 0.3) is 121 Å². The molecule has 0 N–H and O–H groups in total. The molecule has 0 aliphatic heterocycles. The van der Waals surface area contributed by atoms with E-state index in [2.05, 4.69) is 257 Å². The van der Waals surface area contributed by atoms with Crippen LogP contribution in [0.3, 0.4) is 0 Å². The van der Waals surface area contributed by atoms with E-state index in [0.717, 1.165) is 0 Å². The van der Waals surface area contributed by atoms with E-state index in [-0.39, 0.29) is 5.41 Å². The number of rotatable bonds is 3. The molecule has 0 unspecified atom stereocenters. The van der Waals surface area contributed by atoms with Crippen molar-refractivity contribution in [1.82, 2.24) is 0 Å². The summed E-state index contributed by atoms with van der Waals surface area (Å²) >= 11 is 0. The van der Waals surface area contributed by atoms with Gasteiger partial charge in [0.15, 0.2) is 0 Å². The molecule has 1 spiro atoms. The Hall–Kier alpha value is -8.84. The topological polar surface area (TPSA) is 0 Å². The fourth-order valence-electron chi connectivity index (χ4n) is 14.3. The van der Waals surface area contributed by atoms with Crippen LogP contribution in [0, 0.1) is 0 Å². The molecule has 0 heteroatoms. The summed E-state index contributed by atoms with van der Waals surface area (Å²) in [6.45, 7) is 4.75. The van der Waals surface area contributed by atoms with E-state index < -0.39 is 5.41 Å². The monoisotopic (exact) mass is 910 g/mol. The lowest BCUT2D eigenvalue weighted by Gasteiger charge is -2.32. The summed E-state index contributed by atoms with van der Waals surface area (Å²) in [5.74, 6) is 0. The van der Waals surface area contributed by atoms with Crippen LogP contribution < -0.4 is 0 Å². The van der Waals surface area contributed by atoms with E-state index in [4.69, 9.17) is 0 Å². The van der Waals surface area contributed by atoms with Crippen molar-refractivity contribution >= 4 is 53.9 Å². The minimum absolute atomic E-state index is 0.0760. The smallest absolute Gasteiger partial charge is 0.0619 e. The van der Waals surface area contributed by atoms with Gasteiger partial charge in [0.05, 0.1) is 5.41 Å². The van der Waals surface area contributed by atoms with Gasteiger partial charge in [-0.1, -0.05) is 244 Å². The zero-order valence-corrected chi connectivity index (χ0v) is 40.1. The van der Waals surface area contributed by atoms with Crippen LogP contribution in [0.1, 0.15) is 47.2 Å². The molecule has 13 aromatic carbocycles. The van der Waals surface area contributed by atoms with Crippen LogP contribution >= 0.6 is 0 Å². The lowest BCUT2D eigenvalue weighted by Crippen LogP contribution is -2.26. The Morgan fingerprint density at radius 1 is 0.236 bits per heavy atom. The molecule has 0 atom stereocenters. The second-order valence-corrected chi connectivity index (χ2v) is 21.0. The predicted molar refractivity (Wildman–Crippen MR) is 304 cm³/mol. The average Bonchev–Trinajstić information content (AvgIpc) is 4.02. The minimum atomic E-state index is -0.492. The Morgan fingerprint density at radius 2 is 0.653 bits per heavy atom. The summed E-state index contributed by atoms with van der Waals surface area (Å²) in [7, 11) is 0. The molecular formula is C72H46. The molecule has 0 fully saturated rings. The van der Waals surface area contributed by atoms with Crippen LogP contribution in [0.5, 0.6) is 0 Å². The lowest BCUT2D eigenvalue weighted by molar-refractivity contribution is 0.660. The van der Waals surface area contributed by atoms with E-state index in [1.54, 1.807) is 0 Å². The van der Waals surface area contributed by atoms with Crippen molar-refractivity contribution in [2.75, 3.05) is 0 Å². The van der Waals surface area contributed by atoms with Gasteiger partial charge in [-0.15, -0.1) is 0 Å². The minimum Gasteiger partial charge on any atom is -0.0619 e. The number of hydrogen-bond acceptors (Lipinski definition) is 0. The summed E-state index contributed by atoms with van der Waals surface area (Å²) < 4.78 is 0. The van der Waals surface area contributed by atoms with Crippen molar-refractivity contribution in [2.45, 2.75) is 24.7 Å². The van der Waals surface area contributed by atoms with E-state index in [0.29, 0.717) is 0 Å². The second-order valence-electron chi connectivity index (χ2n) is 21.0. The maximum atomic E-state index is 2.48. The maximum absolute atomic E-state index is 2.48. The molecule has 0 amide bonds. The summed E-state index contributed by atoms with van der Waals surface area (Å²) in [5.41, 5.74) is 23.3. The van der Waals surface area contributed by atoms with E-state index in [1.165, 1.54) is 154 Å². The van der Waals surface area contributed by atoms with Crippen molar-refractivity contribution in [2.24, 2.45) is 0 Å². The molecule has 0 aromatic heterocycles. The first-order valence-corrected chi connectivity index (χ1v) is 25.5. The van der Waals surface area contributed by atoms with Crippen LogP contribution in [0.2, 0.25) is 0 Å². The van der Waals surface area contributed by atoms with E-state index >= 15 is 0 Å². The SMILES string of the molecule is CC1(C)c2ccccc2-c2ccc(-c3c4ccccc4c(-c4ccc(-c5ccc6c7c(ccc6c5)-c5c(c6ccccc6c6ccccc56)C75c6ccccc6-c6ccccc65)cc4)c4ccccc34)cc21. The van der Waals surface area contributed by atoms with Gasteiger partial charge in [0.2, 0.25) is 0 Å². The zero-order valence-electron chi connectivity index (χ0n) is 40.1. The first kappa shape index (κ1) is 39.9. The van der Waals surface area contributed by atoms with Crippen LogP contribution in [-0.4, -0.2) is 0 Å². The highest BCUT2D eigenvalue weighted by molar-refractivity contribution is 6.23. The van der Waals surface area contributed by atoms with E-state index in [9.17, 15) is 0 Å². The Morgan fingerprint density at radius 3 is 1.26 bits per heavy atom. The molecule has 0 saturated carbocycles. The maximum Gasteiger partial charge on any atom is 0.0737 e. The zero-order chi connectivity index (χ0) is 47.5. The predicted octanol–water partition coefficient (Wildman–Crippen LogP) is 19.1. The highest BCUT2D eigenvalue weighted by atomic mass is 14.5. The quantitative estimate of drug-likeness (QED) is 0.122. The summed E-state index contributed by atoms with van der Waals surface area (Å²) in [5, 5.41) is 12.9. The molecule has 3 aliphatic rings. The van der Waals surface area contributed by atoms with Gasteiger partial charge in [-0.05, 0) is 166 Å². The van der Waals surface area contributed by atoms with Gasteiger partial charge in [0.25, 0.3) is 0 Å².